The molecule has 0 aromatic heterocycles. The number of nitrogens with one attached hydrogen (secondary N) is 2. The molecule has 1 aliphatic rings. The Kier molecular flexibility index (Phi) is 4.04. The largest absolute Gasteiger partial charge is 0.390 e. The van der Waals surface area contributed by atoms with Crippen LogP contribution in [0.5, 0.6) is 0 Å². The van der Waals surface area contributed by atoms with E-state index in [1.54, 1.807) is 0 Å². The Morgan fingerprint density at radius 3 is 3.12 bits per heavy atom. The van der Waals surface area contributed by atoms with Crippen molar-refractivity contribution in [2.24, 2.45) is 0 Å². The fourth-order valence-corrected chi connectivity index (χ4v) is 1.99. The molecule has 0 spiro atoms. The zero-order valence-electron chi connectivity index (χ0n) is 9.17. The minimum absolute atomic E-state index is 0.266. The molecule has 1 aliphatic heterocycles. The van der Waals surface area contributed by atoms with Crippen LogP contribution in [0.15, 0.2) is 18.2 Å². The summed E-state index contributed by atoms with van der Waals surface area (Å²) in [6.45, 7) is 2.50. The van der Waals surface area contributed by atoms with Gasteiger partial charge >= 0.3 is 0 Å². The number of aliphatic hydroxyl groups is 1. The molecule has 88 valence electrons. The van der Waals surface area contributed by atoms with E-state index in [0.717, 1.165) is 25.2 Å². The first kappa shape index (κ1) is 11.7. The smallest absolute Gasteiger partial charge is 0.0847 e. The number of alkyl halides is 1. The van der Waals surface area contributed by atoms with E-state index in [9.17, 15) is 5.11 Å². The third-order valence-corrected chi connectivity index (χ3v) is 3.17. The van der Waals surface area contributed by atoms with Crippen molar-refractivity contribution in [2.75, 3.05) is 24.3 Å². The second kappa shape index (κ2) is 5.53. The fraction of sp³-hybridized carbons (Fsp3) is 0.500. The van der Waals surface area contributed by atoms with Crippen molar-refractivity contribution in [1.82, 2.24) is 5.32 Å². The van der Waals surface area contributed by atoms with E-state index < -0.39 is 6.10 Å². The molecule has 16 heavy (non-hydrogen) atoms. The standard InChI is InChI=1S/C12H17ClN2O/c13-6-12(16)8-15-11-2-1-10-7-14-4-3-9(10)5-11/h1-2,5,12,14-16H,3-4,6-8H2. The third-order valence-electron chi connectivity index (χ3n) is 2.81. The van der Waals surface area contributed by atoms with Crippen LogP contribution in [-0.4, -0.2) is 30.2 Å². The molecule has 0 aliphatic carbocycles. The summed E-state index contributed by atoms with van der Waals surface area (Å²) in [5.41, 5.74) is 3.82. The molecule has 1 aromatic carbocycles. The van der Waals surface area contributed by atoms with Crippen LogP contribution in [-0.2, 0) is 13.0 Å². The number of aliphatic hydroxyl groups excluding tert-OH is 1. The average Bonchev–Trinajstić information content (AvgIpc) is 2.35. The van der Waals surface area contributed by atoms with Gasteiger partial charge in [0, 0.05) is 18.8 Å². The highest BCUT2D eigenvalue weighted by Gasteiger charge is 2.09. The van der Waals surface area contributed by atoms with Gasteiger partial charge in [0.25, 0.3) is 0 Å². The van der Waals surface area contributed by atoms with Gasteiger partial charge in [-0.2, -0.15) is 0 Å². The predicted octanol–water partition coefficient (Wildman–Crippen LogP) is 1.34. The van der Waals surface area contributed by atoms with E-state index in [1.807, 2.05) is 6.07 Å². The molecule has 0 amide bonds. The van der Waals surface area contributed by atoms with Crippen molar-refractivity contribution in [3.8, 4) is 0 Å². The molecule has 0 bridgehead atoms. The van der Waals surface area contributed by atoms with Crippen LogP contribution in [0.3, 0.4) is 0 Å². The first-order chi connectivity index (χ1) is 7.79. The first-order valence-electron chi connectivity index (χ1n) is 5.60. The van der Waals surface area contributed by atoms with Crippen molar-refractivity contribution in [1.29, 1.82) is 0 Å². The molecule has 1 atom stereocenters. The van der Waals surface area contributed by atoms with Crippen molar-refractivity contribution >= 4 is 17.3 Å². The lowest BCUT2D eigenvalue weighted by Gasteiger charge is -2.18. The van der Waals surface area contributed by atoms with Gasteiger partial charge in [-0.05, 0) is 36.2 Å². The van der Waals surface area contributed by atoms with Gasteiger partial charge in [0.05, 0.1) is 12.0 Å². The van der Waals surface area contributed by atoms with Crippen molar-refractivity contribution in [3.63, 3.8) is 0 Å². The second-order valence-corrected chi connectivity index (χ2v) is 4.41. The van der Waals surface area contributed by atoms with Gasteiger partial charge in [0.1, 0.15) is 0 Å². The molecule has 1 aromatic rings. The van der Waals surface area contributed by atoms with Gasteiger partial charge in [0.2, 0.25) is 0 Å². The summed E-state index contributed by atoms with van der Waals surface area (Å²) in [5.74, 6) is 0.266. The quantitative estimate of drug-likeness (QED) is 0.696. The van der Waals surface area contributed by atoms with Crippen molar-refractivity contribution in [3.05, 3.63) is 29.3 Å². The lowest BCUT2D eigenvalue weighted by molar-refractivity contribution is 0.211. The molecule has 0 saturated carbocycles. The maximum absolute atomic E-state index is 9.35. The first-order valence-corrected chi connectivity index (χ1v) is 6.13. The van der Waals surface area contributed by atoms with Crippen molar-refractivity contribution in [2.45, 2.75) is 19.1 Å². The van der Waals surface area contributed by atoms with Crippen LogP contribution in [0.2, 0.25) is 0 Å². The molecule has 3 N–H and O–H groups in total. The van der Waals surface area contributed by atoms with Gasteiger partial charge in [-0.15, -0.1) is 11.6 Å². The molecule has 4 heteroatoms. The van der Waals surface area contributed by atoms with E-state index in [0.29, 0.717) is 6.54 Å². The summed E-state index contributed by atoms with van der Waals surface area (Å²) in [6, 6.07) is 6.35. The van der Waals surface area contributed by atoms with Crippen LogP contribution in [0.4, 0.5) is 5.69 Å². The predicted molar refractivity (Wildman–Crippen MR) is 67.1 cm³/mol. The van der Waals surface area contributed by atoms with E-state index in [4.69, 9.17) is 11.6 Å². The third kappa shape index (κ3) is 2.88. The highest BCUT2D eigenvalue weighted by atomic mass is 35.5. The number of hydrogen-bond donors (Lipinski definition) is 3. The number of rotatable bonds is 4. The lowest BCUT2D eigenvalue weighted by atomic mass is 10.0. The Morgan fingerprint density at radius 2 is 2.31 bits per heavy atom. The minimum Gasteiger partial charge on any atom is -0.390 e. The lowest BCUT2D eigenvalue weighted by Crippen LogP contribution is -2.24. The fourth-order valence-electron chi connectivity index (χ4n) is 1.88. The summed E-state index contributed by atoms with van der Waals surface area (Å²) >= 11 is 5.54. The molecular formula is C12H17ClN2O. The van der Waals surface area contributed by atoms with E-state index >= 15 is 0 Å². The summed E-state index contributed by atoms with van der Waals surface area (Å²) < 4.78 is 0. The molecule has 0 fully saturated rings. The molecule has 0 saturated heterocycles. The number of hydrogen-bond acceptors (Lipinski definition) is 3. The average molecular weight is 241 g/mol. The number of halogens is 1. The molecule has 1 heterocycles. The van der Waals surface area contributed by atoms with E-state index in [2.05, 4.69) is 22.8 Å². The topological polar surface area (TPSA) is 44.3 Å². The van der Waals surface area contributed by atoms with Crippen LogP contribution in [0.25, 0.3) is 0 Å². The molecule has 3 nitrogen and oxygen atoms in total. The molecular weight excluding hydrogens is 224 g/mol. The zero-order chi connectivity index (χ0) is 11.4. The van der Waals surface area contributed by atoms with Gasteiger partial charge in [0.15, 0.2) is 0 Å². The van der Waals surface area contributed by atoms with Crippen LogP contribution in [0, 0.1) is 0 Å². The van der Waals surface area contributed by atoms with Gasteiger partial charge in [-0.1, -0.05) is 6.07 Å². The summed E-state index contributed by atoms with van der Waals surface area (Å²) in [5, 5.41) is 15.9. The van der Waals surface area contributed by atoms with Gasteiger partial charge in [-0.25, -0.2) is 0 Å². The summed E-state index contributed by atoms with van der Waals surface area (Å²) in [7, 11) is 0. The summed E-state index contributed by atoms with van der Waals surface area (Å²) in [4.78, 5) is 0. The monoisotopic (exact) mass is 240 g/mol. The normalized spacial score (nSPS) is 16.6. The summed E-state index contributed by atoms with van der Waals surface area (Å²) in [6.07, 6.45) is 0.586. The highest BCUT2D eigenvalue weighted by molar-refractivity contribution is 6.18. The zero-order valence-corrected chi connectivity index (χ0v) is 9.93. The Morgan fingerprint density at radius 1 is 1.44 bits per heavy atom. The molecule has 2 rings (SSSR count). The Hall–Kier alpha value is -0.770. The Balaban J connectivity index is 2.00. The number of anilines is 1. The van der Waals surface area contributed by atoms with Gasteiger partial charge < -0.3 is 15.7 Å². The Bertz CT molecular complexity index is 357. The molecule has 0 radical (unpaired) electrons. The van der Waals surface area contributed by atoms with Crippen LogP contribution in [0.1, 0.15) is 11.1 Å². The SMILES string of the molecule is OC(CCl)CNc1ccc2c(c1)CCNC2. The highest BCUT2D eigenvalue weighted by Crippen LogP contribution is 2.18. The number of fused-ring (bicyclic) bond motifs is 1. The van der Waals surface area contributed by atoms with Gasteiger partial charge in [-0.3, -0.25) is 0 Å². The second-order valence-electron chi connectivity index (χ2n) is 4.10. The molecule has 1 unspecified atom stereocenters. The van der Waals surface area contributed by atoms with Crippen LogP contribution >= 0.6 is 11.6 Å². The van der Waals surface area contributed by atoms with E-state index in [-0.39, 0.29) is 5.88 Å². The maximum atomic E-state index is 9.35. The van der Waals surface area contributed by atoms with Crippen molar-refractivity contribution < 1.29 is 5.11 Å². The maximum Gasteiger partial charge on any atom is 0.0847 e. The van der Waals surface area contributed by atoms with Crippen LogP contribution < -0.4 is 10.6 Å². The Labute approximate surface area is 101 Å². The van der Waals surface area contributed by atoms with E-state index in [1.165, 1.54) is 11.1 Å². The minimum atomic E-state index is -0.487. The number of benzene rings is 1.